The molecule has 3 rings (SSSR count). The van der Waals surface area contributed by atoms with E-state index in [2.05, 4.69) is 13.8 Å². The van der Waals surface area contributed by atoms with Crippen molar-refractivity contribution in [3.63, 3.8) is 0 Å². The Morgan fingerprint density at radius 2 is 1.85 bits per heavy atom. The molecule has 1 heterocycles. The number of aliphatic hydroxyl groups is 1. The van der Waals surface area contributed by atoms with Gasteiger partial charge in [0.25, 0.3) is 0 Å². The van der Waals surface area contributed by atoms with Crippen molar-refractivity contribution >= 4 is 21.4 Å². The predicted octanol–water partition coefficient (Wildman–Crippen LogP) is 5.15. The zero-order valence-electron chi connectivity index (χ0n) is 12.0. The van der Waals surface area contributed by atoms with Crippen LogP contribution in [0.5, 0.6) is 0 Å². The maximum atomic E-state index is 13.2. The van der Waals surface area contributed by atoms with E-state index in [-0.39, 0.29) is 5.82 Å². The molecule has 1 nitrogen and oxygen atoms in total. The van der Waals surface area contributed by atoms with Crippen LogP contribution in [0.1, 0.15) is 44.1 Å². The molecule has 108 valence electrons. The fraction of sp³-hybridized carbons (Fsp3) is 0.529. The van der Waals surface area contributed by atoms with E-state index in [1.54, 1.807) is 23.5 Å². The van der Waals surface area contributed by atoms with Crippen LogP contribution in [0.25, 0.3) is 10.1 Å². The number of halogens is 1. The molecular formula is C17H21FOS. The third kappa shape index (κ3) is 2.75. The molecule has 3 unspecified atom stereocenters. The van der Waals surface area contributed by atoms with Crippen LogP contribution >= 0.6 is 11.3 Å². The van der Waals surface area contributed by atoms with Crippen molar-refractivity contribution in [1.82, 2.24) is 0 Å². The lowest BCUT2D eigenvalue weighted by molar-refractivity contribution is 0.0577. The van der Waals surface area contributed by atoms with Crippen LogP contribution in [0.2, 0.25) is 0 Å². The Hall–Kier alpha value is -0.930. The van der Waals surface area contributed by atoms with Gasteiger partial charge in [0, 0.05) is 9.58 Å². The third-order valence-electron chi connectivity index (χ3n) is 4.45. The summed E-state index contributed by atoms with van der Waals surface area (Å²) >= 11 is 1.59. The highest BCUT2D eigenvalue weighted by Crippen LogP contribution is 2.42. The van der Waals surface area contributed by atoms with E-state index in [0.29, 0.717) is 17.8 Å². The number of hydrogen-bond acceptors (Lipinski definition) is 2. The minimum Gasteiger partial charge on any atom is -0.387 e. The Morgan fingerprint density at radius 3 is 2.55 bits per heavy atom. The Labute approximate surface area is 123 Å². The van der Waals surface area contributed by atoms with Crippen molar-refractivity contribution in [1.29, 1.82) is 0 Å². The zero-order chi connectivity index (χ0) is 14.3. The summed E-state index contributed by atoms with van der Waals surface area (Å²) in [5.41, 5.74) is 0. The minimum absolute atomic E-state index is 0.212. The normalized spacial score (nSPS) is 28.7. The van der Waals surface area contributed by atoms with Gasteiger partial charge in [-0.3, -0.25) is 0 Å². The molecule has 1 saturated carbocycles. The Morgan fingerprint density at radius 1 is 1.15 bits per heavy atom. The molecule has 0 aliphatic heterocycles. The van der Waals surface area contributed by atoms with Crippen LogP contribution in [0, 0.1) is 23.6 Å². The number of fused-ring (bicyclic) bond motifs is 1. The summed E-state index contributed by atoms with van der Waals surface area (Å²) in [5.74, 6) is 1.50. The summed E-state index contributed by atoms with van der Waals surface area (Å²) in [5, 5.41) is 11.6. The topological polar surface area (TPSA) is 20.2 Å². The van der Waals surface area contributed by atoms with Gasteiger partial charge in [0.1, 0.15) is 5.82 Å². The fourth-order valence-electron chi connectivity index (χ4n) is 3.68. The molecule has 0 amide bonds. The largest absolute Gasteiger partial charge is 0.387 e. The lowest BCUT2D eigenvalue weighted by atomic mass is 9.74. The molecular weight excluding hydrogens is 271 g/mol. The van der Waals surface area contributed by atoms with Gasteiger partial charge in [-0.15, -0.1) is 11.3 Å². The van der Waals surface area contributed by atoms with Gasteiger partial charge < -0.3 is 5.11 Å². The molecule has 20 heavy (non-hydrogen) atoms. The average molecular weight is 292 g/mol. The highest BCUT2D eigenvalue weighted by molar-refractivity contribution is 7.19. The monoisotopic (exact) mass is 292 g/mol. The summed E-state index contributed by atoms with van der Waals surface area (Å²) in [4.78, 5) is 0.983. The first-order valence-corrected chi connectivity index (χ1v) is 8.21. The maximum Gasteiger partial charge on any atom is 0.123 e. The van der Waals surface area contributed by atoms with E-state index in [4.69, 9.17) is 0 Å². The smallest absolute Gasteiger partial charge is 0.123 e. The molecule has 1 N–H and O–H groups in total. The van der Waals surface area contributed by atoms with Crippen LogP contribution in [0.3, 0.4) is 0 Å². The summed E-state index contributed by atoms with van der Waals surface area (Å²) in [6.45, 7) is 4.55. The van der Waals surface area contributed by atoms with Gasteiger partial charge in [0.15, 0.2) is 0 Å². The molecule has 1 aliphatic carbocycles. The molecule has 0 spiro atoms. The van der Waals surface area contributed by atoms with Gasteiger partial charge in [0.05, 0.1) is 6.10 Å². The summed E-state index contributed by atoms with van der Waals surface area (Å²) in [7, 11) is 0. The van der Waals surface area contributed by atoms with Crippen molar-refractivity contribution in [2.45, 2.75) is 39.2 Å². The molecule has 2 aromatic rings. The molecule has 0 radical (unpaired) electrons. The van der Waals surface area contributed by atoms with Gasteiger partial charge in [0.2, 0.25) is 0 Å². The summed E-state index contributed by atoms with van der Waals surface area (Å²) in [6.07, 6.45) is 3.05. The molecule has 0 saturated heterocycles. The lowest BCUT2D eigenvalue weighted by Crippen LogP contribution is -2.24. The first-order valence-electron chi connectivity index (χ1n) is 7.40. The number of hydrogen-bond donors (Lipinski definition) is 1. The van der Waals surface area contributed by atoms with E-state index in [0.717, 1.165) is 27.8 Å². The maximum absolute atomic E-state index is 13.2. The first kappa shape index (κ1) is 14.0. The second kappa shape index (κ2) is 5.45. The van der Waals surface area contributed by atoms with Crippen molar-refractivity contribution < 1.29 is 9.50 Å². The van der Waals surface area contributed by atoms with Crippen LogP contribution in [0.4, 0.5) is 4.39 Å². The van der Waals surface area contributed by atoms with Crippen LogP contribution in [-0.2, 0) is 0 Å². The van der Waals surface area contributed by atoms with Crippen molar-refractivity contribution in [3.8, 4) is 0 Å². The number of thiophene rings is 1. The first-order chi connectivity index (χ1) is 9.52. The summed E-state index contributed by atoms with van der Waals surface area (Å²) in [6, 6.07) is 6.79. The van der Waals surface area contributed by atoms with Crippen molar-refractivity contribution in [2.24, 2.45) is 17.8 Å². The second-order valence-electron chi connectivity index (χ2n) is 6.45. The molecule has 3 heteroatoms. The highest BCUT2D eigenvalue weighted by Gasteiger charge is 2.30. The van der Waals surface area contributed by atoms with E-state index in [1.165, 1.54) is 12.5 Å². The number of rotatable bonds is 2. The van der Waals surface area contributed by atoms with Gasteiger partial charge in [-0.1, -0.05) is 13.8 Å². The molecule has 3 atom stereocenters. The Balaban J connectivity index is 1.86. The predicted molar refractivity (Wildman–Crippen MR) is 82.4 cm³/mol. The fourth-order valence-corrected chi connectivity index (χ4v) is 4.80. The van der Waals surface area contributed by atoms with Crippen molar-refractivity contribution in [2.75, 3.05) is 0 Å². The van der Waals surface area contributed by atoms with Crippen LogP contribution in [-0.4, -0.2) is 5.11 Å². The lowest BCUT2D eigenvalue weighted by Gasteiger charge is -2.34. The van der Waals surface area contributed by atoms with Gasteiger partial charge >= 0.3 is 0 Å². The van der Waals surface area contributed by atoms with Crippen LogP contribution in [0.15, 0.2) is 24.3 Å². The van der Waals surface area contributed by atoms with E-state index in [1.807, 2.05) is 6.07 Å². The van der Waals surface area contributed by atoms with Gasteiger partial charge in [-0.05, 0) is 66.7 Å². The summed E-state index contributed by atoms with van der Waals surface area (Å²) < 4.78 is 14.3. The Kier molecular flexibility index (Phi) is 3.83. The standard InChI is InChI=1S/C17H21FOS/c1-10-5-11(2)7-13(6-10)17(19)16-9-12-8-14(18)3-4-15(12)20-16/h3-4,8-11,13,17,19H,5-7H2,1-2H3. The van der Waals surface area contributed by atoms with E-state index in [9.17, 15) is 9.50 Å². The molecule has 1 aromatic carbocycles. The van der Waals surface area contributed by atoms with E-state index < -0.39 is 6.10 Å². The zero-order valence-corrected chi connectivity index (χ0v) is 12.8. The Bertz CT molecular complexity index is 596. The highest BCUT2D eigenvalue weighted by atomic mass is 32.1. The second-order valence-corrected chi connectivity index (χ2v) is 7.57. The molecule has 0 bridgehead atoms. The molecule has 1 aliphatic rings. The number of aliphatic hydroxyl groups excluding tert-OH is 1. The minimum atomic E-state index is -0.402. The quantitative estimate of drug-likeness (QED) is 0.812. The van der Waals surface area contributed by atoms with Gasteiger partial charge in [-0.25, -0.2) is 4.39 Å². The van der Waals surface area contributed by atoms with Crippen molar-refractivity contribution in [3.05, 3.63) is 35.0 Å². The average Bonchev–Trinajstić information content (AvgIpc) is 2.79. The van der Waals surface area contributed by atoms with Gasteiger partial charge in [-0.2, -0.15) is 0 Å². The van der Waals surface area contributed by atoms with E-state index >= 15 is 0 Å². The molecule has 1 aromatic heterocycles. The molecule has 1 fully saturated rings. The SMILES string of the molecule is CC1CC(C)CC(C(O)c2cc3cc(F)ccc3s2)C1. The third-order valence-corrected chi connectivity index (χ3v) is 5.64. The number of benzene rings is 1. The van der Waals surface area contributed by atoms with Crippen LogP contribution < -0.4 is 0 Å².